The zero-order valence-electron chi connectivity index (χ0n) is 20.5. The van der Waals surface area contributed by atoms with Crippen LogP contribution in [0.3, 0.4) is 0 Å². The number of aromatic nitrogens is 1. The second kappa shape index (κ2) is 7.65. The third-order valence-corrected chi connectivity index (χ3v) is 8.24. The van der Waals surface area contributed by atoms with Gasteiger partial charge in [-0.3, -0.25) is 14.5 Å². The van der Waals surface area contributed by atoms with Crippen molar-refractivity contribution in [2.45, 2.75) is 58.1 Å². The van der Waals surface area contributed by atoms with E-state index in [1.165, 1.54) is 7.11 Å². The van der Waals surface area contributed by atoms with Crippen LogP contribution in [0.15, 0.2) is 38.2 Å². The Morgan fingerprint density at radius 2 is 1.91 bits per heavy atom. The maximum Gasteiger partial charge on any atom is 0.204 e. The van der Waals surface area contributed by atoms with Crippen molar-refractivity contribution in [3.8, 4) is 0 Å². The van der Waals surface area contributed by atoms with E-state index in [1.54, 1.807) is 13.8 Å². The van der Waals surface area contributed by atoms with Crippen LogP contribution in [0.2, 0.25) is 0 Å². The number of ketones is 2. The molecule has 34 heavy (non-hydrogen) atoms. The van der Waals surface area contributed by atoms with E-state index >= 15 is 4.39 Å². The summed E-state index contributed by atoms with van der Waals surface area (Å²) >= 11 is 0. The van der Waals surface area contributed by atoms with E-state index in [4.69, 9.17) is 14.7 Å². The third-order valence-electron chi connectivity index (χ3n) is 8.24. The SMILES string of the molecule is COC12C(=O)c3c(C)noc3C(N(C)C)C1CC1CC3=C(F)CC(=N)CC(C)=C3C(=O)C1=C2C. The molecule has 1 heterocycles. The minimum Gasteiger partial charge on any atom is -0.365 e. The number of rotatable bonds is 2. The van der Waals surface area contributed by atoms with Crippen LogP contribution in [-0.2, 0) is 9.53 Å². The molecule has 0 aromatic carbocycles. The van der Waals surface area contributed by atoms with Gasteiger partial charge in [-0.2, -0.15) is 0 Å². The van der Waals surface area contributed by atoms with E-state index in [0.29, 0.717) is 57.7 Å². The van der Waals surface area contributed by atoms with Gasteiger partial charge in [0.25, 0.3) is 0 Å². The molecular weight excluding hydrogens is 437 g/mol. The highest BCUT2D eigenvalue weighted by Gasteiger charge is 2.62. The first kappa shape index (κ1) is 23.1. The number of hydrogen-bond donors (Lipinski definition) is 1. The number of fused-ring (bicyclic) bond motifs is 4. The fraction of sp³-hybridized carbons (Fsp3) is 0.538. The van der Waals surface area contributed by atoms with E-state index in [1.807, 2.05) is 25.9 Å². The number of aryl methyl sites for hydroxylation is 1. The molecule has 4 unspecified atom stereocenters. The van der Waals surface area contributed by atoms with Gasteiger partial charge in [0.1, 0.15) is 5.83 Å². The fourth-order valence-corrected chi connectivity index (χ4v) is 6.91. The van der Waals surface area contributed by atoms with Crippen molar-refractivity contribution in [2.75, 3.05) is 21.2 Å². The molecule has 0 amide bonds. The van der Waals surface area contributed by atoms with E-state index < -0.39 is 5.60 Å². The predicted octanol–water partition coefficient (Wildman–Crippen LogP) is 4.45. The predicted molar refractivity (Wildman–Crippen MR) is 123 cm³/mol. The van der Waals surface area contributed by atoms with E-state index in [-0.39, 0.29) is 53.8 Å². The summed E-state index contributed by atoms with van der Waals surface area (Å²) in [5.41, 5.74) is 2.54. The summed E-state index contributed by atoms with van der Waals surface area (Å²) in [5, 5.41) is 12.2. The molecule has 1 fully saturated rings. The van der Waals surface area contributed by atoms with Gasteiger partial charge in [-0.15, -0.1) is 0 Å². The first-order valence-corrected chi connectivity index (χ1v) is 11.7. The summed E-state index contributed by atoms with van der Waals surface area (Å²) in [6.07, 6.45) is 1.06. The first-order chi connectivity index (χ1) is 16.0. The van der Waals surface area contributed by atoms with Crippen molar-refractivity contribution in [1.29, 1.82) is 5.41 Å². The molecule has 1 saturated carbocycles. The van der Waals surface area contributed by atoms with Gasteiger partial charge < -0.3 is 14.7 Å². The smallest absolute Gasteiger partial charge is 0.204 e. The van der Waals surface area contributed by atoms with Crippen molar-refractivity contribution in [3.63, 3.8) is 0 Å². The average Bonchev–Trinajstić information content (AvgIpc) is 3.09. The number of halogens is 1. The number of hydrogen-bond acceptors (Lipinski definition) is 7. The van der Waals surface area contributed by atoms with Crippen molar-refractivity contribution < 1.29 is 23.2 Å². The molecule has 0 aliphatic heterocycles. The van der Waals surface area contributed by atoms with E-state index in [0.717, 1.165) is 0 Å². The van der Waals surface area contributed by atoms with Gasteiger partial charge in [0, 0.05) is 42.7 Å². The lowest BCUT2D eigenvalue weighted by molar-refractivity contribution is -0.114. The van der Waals surface area contributed by atoms with Crippen LogP contribution in [0.25, 0.3) is 0 Å². The lowest BCUT2D eigenvalue weighted by Crippen LogP contribution is -2.59. The maximum absolute atomic E-state index is 15.2. The molecule has 1 aromatic rings. The summed E-state index contributed by atoms with van der Waals surface area (Å²) in [5.74, 6) is -0.908. The highest BCUT2D eigenvalue weighted by atomic mass is 19.1. The quantitative estimate of drug-likeness (QED) is 0.691. The van der Waals surface area contributed by atoms with Crippen molar-refractivity contribution in [2.24, 2.45) is 11.8 Å². The maximum atomic E-state index is 15.2. The Morgan fingerprint density at radius 3 is 2.56 bits per heavy atom. The number of nitrogens with one attached hydrogen (secondary N) is 1. The molecular formula is C26H30FN3O4. The van der Waals surface area contributed by atoms with E-state index in [9.17, 15) is 9.59 Å². The molecule has 4 atom stereocenters. The van der Waals surface area contributed by atoms with Gasteiger partial charge in [-0.1, -0.05) is 10.7 Å². The van der Waals surface area contributed by atoms with Crippen LogP contribution in [0, 0.1) is 24.2 Å². The zero-order valence-corrected chi connectivity index (χ0v) is 20.5. The zero-order chi connectivity index (χ0) is 24.7. The van der Waals surface area contributed by atoms with Gasteiger partial charge in [-0.25, -0.2) is 4.39 Å². The van der Waals surface area contributed by atoms with E-state index in [2.05, 4.69) is 5.16 Å². The summed E-state index contributed by atoms with van der Waals surface area (Å²) in [6.45, 7) is 5.36. The topological polar surface area (TPSA) is 96.5 Å². The van der Waals surface area contributed by atoms with Gasteiger partial charge in [0.05, 0.1) is 17.3 Å². The van der Waals surface area contributed by atoms with Gasteiger partial charge >= 0.3 is 0 Å². The third kappa shape index (κ3) is 2.81. The lowest BCUT2D eigenvalue weighted by Gasteiger charge is -2.52. The monoisotopic (exact) mass is 467 g/mol. The standard InChI is InChI=1S/C26H30FN3O4/c1-11-7-15(28)10-18(27)16-8-14-9-17-22(30(4)5)24-21(13(3)29-34-24)25(32)26(17,33-6)12(2)20(14)23(31)19(11)16/h14,17,22,28H,7-10H2,1-6H3. The number of nitrogens with zero attached hydrogens (tertiary/aromatic N) is 2. The molecule has 180 valence electrons. The molecule has 5 rings (SSSR count). The van der Waals surface area contributed by atoms with Gasteiger partial charge in [0.2, 0.25) is 5.78 Å². The average molecular weight is 468 g/mol. The number of carbonyl (C=O) groups is 2. The van der Waals surface area contributed by atoms with Crippen LogP contribution in [0.5, 0.6) is 0 Å². The Kier molecular flexibility index (Phi) is 5.19. The first-order valence-electron chi connectivity index (χ1n) is 11.7. The summed E-state index contributed by atoms with van der Waals surface area (Å²) in [7, 11) is 5.37. The van der Waals surface area contributed by atoms with Crippen molar-refractivity contribution >= 4 is 17.3 Å². The molecule has 4 aliphatic carbocycles. The van der Waals surface area contributed by atoms with Crippen molar-refractivity contribution in [1.82, 2.24) is 10.1 Å². The Morgan fingerprint density at radius 1 is 1.21 bits per heavy atom. The van der Waals surface area contributed by atoms with Crippen LogP contribution < -0.4 is 0 Å². The lowest BCUT2D eigenvalue weighted by atomic mass is 9.56. The summed E-state index contributed by atoms with van der Waals surface area (Å²) in [6, 6.07) is -0.291. The summed E-state index contributed by atoms with van der Waals surface area (Å²) in [4.78, 5) is 30.0. The summed E-state index contributed by atoms with van der Waals surface area (Å²) < 4.78 is 27.0. The normalized spacial score (nSPS) is 31.5. The number of Topliss-reactive ketones (excluding diaryl/α,β-unsaturated/α-hetero) is 2. The van der Waals surface area contributed by atoms with Gasteiger partial charge in [-0.05, 0) is 64.8 Å². The molecule has 7 nitrogen and oxygen atoms in total. The molecule has 1 N–H and O–H groups in total. The molecule has 1 aromatic heterocycles. The highest BCUT2D eigenvalue weighted by molar-refractivity contribution is 6.17. The Labute approximate surface area is 198 Å². The largest absolute Gasteiger partial charge is 0.365 e. The number of ether oxygens (including phenoxy) is 1. The number of allylic oxidation sites excluding steroid dienone is 5. The Hall–Kier alpha value is -2.71. The minimum atomic E-state index is -1.33. The molecule has 0 spiro atoms. The second-order valence-corrected chi connectivity index (χ2v) is 10.3. The molecule has 4 aliphatic rings. The molecule has 0 radical (unpaired) electrons. The second-order valence-electron chi connectivity index (χ2n) is 10.3. The van der Waals surface area contributed by atoms with Crippen LogP contribution in [0.4, 0.5) is 4.39 Å². The highest BCUT2D eigenvalue weighted by Crippen LogP contribution is 2.58. The molecule has 0 saturated heterocycles. The van der Waals surface area contributed by atoms with Crippen LogP contribution in [-0.4, -0.2) is 54.1 Å². The van der Waals surface area contributed by atoms with Gasteiger partial charge in [0.15, 0.2) is 17.1 Å². The molecule has 8 heteroatoms. The number of methoxy groups -OCH3 is 1. The van der Waals surface area contributed by atoms with Crippen LogP contribution >= 0.6 is 0 Å². The number of carbonyl (C=O) groups excluding carboxylic acids is 2. The Bertz CT molecular complexity index is 1250. The Balaban J connectivity index is 1.77. The van der Waals surface area contributed by atoms with Crippen LogP contribution in [0.1, 0.15) is 67.4 Å². The molecule has 0 bridgehead atoms. The minimum absolute atomic E-state index is 0.0564. The fourth-order valence-electron chi connectivity index (χ4n) is 6.91. The van der Waals surface area contributed by atoms with Crippen molar-refractivity contribution in [3.05, 3.63) is 50.7 Å².